The monoisotopic (exact) mass is 138 g/mol. The SMILES string of the molecule is C1CC[C](N2CCCC2)C1. The van der Waals surface area contributed by atoms with Gasteiger partial charge in [-0.2, -0.15) is 0 Å². The molecule has 2 fully saturated rings. The molecule has 2 aliphatic rings. The first-order valence-corrected chi connectivity index (χ1v) is 4.56. The van der Waals surface area contributed by atoms with E-state index < -0.39 is 0 Å². The normalized spacial score (nSPS) is 30.0. The molecule has 0 atom stereocenters. The minimum atomic E-state index is 1.36. The summed E-state index contributed by atoms with van der Waals surface area (Å²) in [6.45, 7) is 2.71. The number of nitrogens with zero attached hydrogens (tertiary/aromatic N) is 1. The summed E-state index contributed by atoms with van der Waals surface area (Å²) in [6.07, 6.45) is 8.57. The fourth-order valence-corrected chi connectivity index (χ4v) is 2.13. The average molecular weight is 138 g/mol. The quantitative estimate of drug-likeness (QED) is 0.537. The summed E-state index contributed by atoms with van der Waals surface area (Å²) in [5.41, 5.74) is 0. The van der Waals surface area contributed by atoms with Gasteiger partial charge in [0.15, 0.2) is 0 Å². The van der Waals surface area contributed by atoms with Crippen LogP contribution in [-0.2, 0) is 0 Å². The van der Waals surface area contributed by atoms with Crippen molar-refractivity contribution in [1.82, 2.24) is 4.90 Å². The van der Waals surface area contributed by atoms with Crippen LogP contribution < -0.4 is 0 Å². The number of hydrogen-bond acceptors (Lipinski definition) is 1. The fraction of sp³-hybridized carbons (Fsp3) is 0.889. The molecule has 0 aromatic heterocycles. The molecule has 1 radical (unpaired) electrons. The van der Waals surface area contributed by atoms with E-state index in [1.54, 1.807) is 6.04 Å². The van der Waals surface area contributed by atoms with Crippen LogP contribution in [0, 0.1) is 6.04 Å². The van der Waals surface area contributed by atoms with Gasteiger partial charge in [-0.3, -0.25) is 4.90 Å². The molecule has 1 heterocycles. The first-order valence-electron chi connectivity index (χ1n) is 4.56. The fourth-order valence-electron chi connectivity index (χ4n) is 2.13. The van der Waals surface area contributed by atoms with Crippen molar-refractivity contribution in [2.24, 2.45) is 0 Å². The second-order valence-corrected chi connectivity index (χ2v) is 3.47. The van der Waals surface area contributed by atoms with Gasteiger partial charge < -0.3 is 0 Å². The molecule has 0 unspecified atom stereocenters. The van der Waals surface area contributed by atoms with Crippen LogP contribution in [-0.4, -0.2) is 18.0 Å². The van der Waals surface area contributed by atoms with Crippen molar-refractivity contribution >= 4 is 0 Å². The Hall–Kier alpha value is -0.0400. The maximum Gasteiger partial charge on any atom is 0.0393 e. The van der Waals surface area contributed by atoms with Gasteiger partial charge in [-0.25, -0.2) is 0 Å². The molecule has 10 heavy (non-hydrogen) atoms. The minimum Gasteiger partial charge on any atom is -0.296 e. The number of rotatable bonds is 1. The zero-order valence-electron chi connectivity index (χ0n) is 6.60. The first kappa shape index (κ1) is 6.66. The summed E-state index contributed by atoms with van der Waals surface area (Å²) in [5, 5.41) is 0. The Morgan fingerprint density at radius 2 is 1.40 bits per heavy atom. The zero-order valence-corrected chi connectivity index (χ0v) is 6.60. The van der Waals surface area contributed by atoms with E-state index in [1.165, 1.54) is 51.6 Å². The van der Waals surface area contributed by atoms with Crippen molar-refractivity contribution in [3.8, 4) is 0 Å². The van der Waals surface area contributed by atoms with Crippen molar-refractivity contribution in [1.29, 1.82) is 0 Å². The smallest absolute Gasteiger partial charge is 0.0393 e. The van der Waals surface area contributed by atoms with E-state index in [-0.39, 0.29) is 0 Å². The van der Waals surface area contributed by atoms with Gasteiger partial charge in [0.1, 0.15) is 0 Å². The Morgan fingerprint density at radius 1 is 0.800 bits per heavy atom. The third kappa shape index (κ3) is 1.20. The Morgan fingerprint density at radius 3 is 2.00 bits per heavy atom. The summed E-state index contributed by atoms with van der Waals surface area (Å²) < 4.78 is 0. The van der Waals surface area contributed by atoms with Gasteiger partial charge in [-0.05, 0) is 38.8 Å². The lowest BCUT2D eigenvalue weighted by molar-refractivity contribution is 0.339. The van der Waals surface area contributed by atoms with Crippen molar-refractivity contribution in [3.63, 3.8) is 0 Å². The Bertz CT molecular complexity index is 85.3. The topological polar surface area (TPSA) is 3.24 Å². The largest absolute Gasteiger partial charge is 0.296 e. The van der Waals surface area contributed by atoms with Crippen LogP contribution in [0.25, 0.3) is 0 Å². The van der Waals surface area contributed by atoms with Crippen molar-refractivity contribution in [2.45, 2.75) is 38.5 Å². The predicted molar refractivity (Wildman–Crippen MR) is 42.5 cm³/mol. The van der Waals surface area contributed by atoms with E-state index in [0.717, 1.165) is 0 Å². The second kappa shape index (κ2) is 2.91. The van der Waals surface area contributed by atoms with Crippen LogP contribution in [0.5, 0.6) is 0 Å². The molecule has 1 aliphatic carbocycles. The van der Waals surface area contributed by atoms with Crippen LogP contribution >= 0.6 is 0 Å². The highest BCUT2D eigenvalue weighted by Crippen LogP contribution is 2.32. The lowest BCUT2D eigenvalue weighted by atomic mass is 10.2. The summed E-state index contributed by atoms with van der Waals surface area (Å²) in [5.74, 6) is 0. The van der Waals surface area contributed by atoms with E-state index in [4.69, 9.17) is 0 Å². The van der Waals surface area contributed by atoms with Gasteiger partial charge >= 0.3 is 0 Å². The van der Waals surface area contributed by atoms with Gasteiger partial charge in [-0.1, -0.05) is 12.8 Å². The zero-order chi connectivity index (χ0) is 6.81. The van der Waals surface area contributed by atoms with Crippen LogP contribution in [0.1, 0.15) is 38.5 Å². The Labute approximate surface area is 63.4 Å². The van der Waals surface area contributed by atoms with E-state index in [9.17, 15) is 0 Å². The molecule has 0 bridgehead atoms. The van der Waals surface area contributed by atoms with E-state index in [2.05, 4.69) is 4.90 Å². The van der Waals surface area contributed by atoms with E-state index in [0.29, 0.717) is 0 Å². The molecule has 0 aromatic carbocycles. The van der Waals surface area contributed by atoms with Crippen molar-refractivity contribution in [2.75, 3.05) is 13.1 Å². The van der Waals surface area contributed by atoms with Crippen molar-refractivity contribution < 1.29 is 0 Å². The highest BCUT2D eigenvalue weighted by Gasteiger charge is 2.24. The van der Waals surface area contributed by atoms with Crippen LogP contribution in [0.15, 0.2) is 0 Å². The average Bonchev–Trinajstić information content (AvgIpc) is 2.59. The highest BCUT2D eigenvalue weighted by molar-refractivity contribution is 4.95. The lowest BCUT2D eigenvalue weighted by Gasteiger charge is -2.21. The summed E-state index contributed by atoms with van der Waals surface area (Å²) in [7, 11) is 0. The Balaban J connectivity index is 1.85. The van der Waals surface area contributed by atoms with Gasteiger partial charge in [0.2, 0.25) is 0 Å². The molecule has 0 aromatic rings. The second-order valence-electron chi connectivity index (χ2n) is 3.47. The maximum atomic E-state index is 2.62. The molecular weight excluding hydrogens is 122 g/mol. The van der Waals surface area contributed by atoms with Gasteiger partial charge in [0.05, 0.1) is 0 Å². The molecule has 2 rings (SSSR count). The maximum absolute atomic E-state index is 2.62. The molecule has 1 aliphatic heterocycles. The lowest BCUT2D eigenvalue weighted by Crippen LogP contribution is -2.22. The number of likely N-dealkylation sites (tertiary alicyclic amines) is 1. The van der Waals surface area contributed by atoms with Crippen LogP contribution in [0.4, 0.5) is 0 Å². The van der Waals surface area contributed by atoms with Gasteiger partial charge in [0, 0.05) is 6.04 Å². The molecule has 0 N–H and O–H groups in total. The van der Waals surface area contributed by atoms with E-state index >= 15 is 0 Å². The standard InChI is InChI=1S/C9H16N/c1-2-6-9(5-1)10-7-3-4-8-10/h1-8H2. The minimum absolute atomic E-state index is 1.36. The third-order valence-electron chi connectivity index (χ3n) is 2.73. The first-order chi connectivity index (χ1) is 4.97. The molecule has 1 saturated carbocycles. The van der Waals surface area contributed by atoms with Gasteiger partial charge in [-0.15, -0.1) is 0 Å². The van der Waals surface area contributed by atoms with E-state index in [1.807, 2.05) is 0 Å². The molecule has 57 valence electrons. The Kier molecular flexibility index (Phi) is 1.94. The number of hydrogen-bond donors (Lipinski definition) is 0. The van der Waals surface area contributed by atoms with Crippen LogP contribution in [0.3, 0.4) is 0 Å². The highest BCUT2D eigenvalue weighted by atomic mass is 15.2. The summed E-state index contributed by atoms with van der Waals surface area (Å²) in [4.78, 5) is 2.62. The summed E-state index contributed by atoms with van der Waals surface area (Å²) in [6, 6.07) is 1.76. The molecule has 1 heteroatoms. The molecule has 0 amide bonds. The van der Waals surface area contributed by atoms with Gasteiger partial charge in [0.25, 0.3) is 0 Å². The molecule has 0 spiro atoms. The molecule has 1 nitrogen and oxygen atoms in total. The van der Waals surface area contributed by atoms with Crippen molar-refractivity contribution in [3.05, 3.63) is 6.04 Å². The predicted octanol–water partition coefficient (Wildman–Crippen LogP) is 2.19. The molecule has 1 saturated heterocycles. The third-order valence-corrected chi connectivity index (χ3v) is 2.73. The van der Waals surface area contributed by atoms with Crippen LogP contribution in [0.2, 0.25) is 0 Å². The molecular formula is C9H16N. The summed E-state index contributed by atoms with van der Waals surface area (Å²) >= 11 is 0.